The first kappa shape index (κ1) is 16.2. The Hall–Kier alpha value is -3.32. The van der Waals surface area contributed by atoms with Gasteiger partial charge in [0.05, 0.1) is 17.3 Å². The lowest BCUT2D eigenvalue weighted by Crippen LogP contribution is -2.23. The Bertz CT molecular complexity index is 1070. The molecule has 0 saturated carbocycles. The molecule has 3 aromatic heterocycles. The van der Waals surface area contributed by atoms with Crippen LogP contribution in [0.2, 0.25) is 5.02 Å². The number of carbonyl (C=O) groups is 1. The Balaban J connectivity index is 1.51. The molecule has 3 N–H and O–H groups in total. The molecular weight excluding hydrogens is 354 g/mol. The van der Waals surface area contributed by atoms with Gasteiger partial charge in [0.2, 0.25) is 5.76 Å². The minimum Gasteiger partial charge on any atom is -0.457 e. The van der Waals surface area contributed by atoms with Gasteiger partial charge in [0.15, 0.2) is 0 Å². The highest BCUT2D eigenvalue weighted by atomic mass is 35.5. The van der Waals surface area contributed by atoms with Crippen LogP contribution in [-0.4, -0.2) is 20.9 Å². The van der Waals surface area contributed by atoms with Crippen LogP contribution in [0, 0.1) is 0 Å². The van der Waals surface area contributed by atoms with Crippen LogP contribution in [0.1, 0.15) is 16.1 Å². The number of aromatic amines is 1. The zero-order valence-electron chi connectivity index (χ0n) is 13.5. The summed E-state index contributed by atoms with van der Waals surface area (Å²) in [5, 5.41) is 7.38. The molecule has 1 aromatic carbocycles. The molecule has 0 unspecified atom stereocenters. The van der Waals surface area contributed by atoms with Gasteiger partial charge in [-0.1, -0.05) is 23.7 Å². The van der Waals surface area contributed by atoms with Crippen LogP contribution in [0.5, 0.6) is 0 Å². The molecule has 0 radical (unpaired) electrons. The van der Waals surface area contributed by atoms with Crippen molar-refractivity contribution in [3.8, 4) is 0 Å². The lowest BCUT2D eigenvalue weighted by atomic mass is 10.2. The number of hydrogen-bond acceptors (Lipinski definition) is 5. The van der Waals surface area contributed by atoms with Crippen molar-refractivity contribution in [1.82, 2.24) is 20.3 Å². The fraction of sp³-hybridized carbons (Fsp3) is 0.0556. The van der Waals surface area contributed by atoms with Gasteiger partial charge in [0.1, 0.15) is 17.8 Å². The van der Waals surface area contributed by atoms with E-state index in [1.165, 1.54) is 12.6 Å². The number of fused-ring (bicyclic) bond motifs is 1. The molecule has 7 nitrogen and oxygen atoms in total. The Kier molecular flexibility index (Phi) is 4.28. The zero-order chi connectivity index (χ0) is 17.9. The first-order valence-corrected chi connectivity index (χ1v) is 8.24. The van der Waals surface area contributed by atoms with Gasteiger partial charge < -0.3 is 20.0 Å². The largest absolute Gasteiger partial charge is 0.457 e. The van der Waals surface area contributed by atoms with Crippen LogP contribution in [0.25, 0.3) is 11.0 Å². The van der Waals surface area contributed by atoms with E-state index in [1.807, 2.05) is 18.2 Å². The van der Waals surface area contributed by atoms with Gasteiger partial charge in [-0.25, -0.2) is 9.97 Å². The number of nitrogens with zero attached hydrogens (tertiary/aromatic N) is 2. The molecule has 0 aliphatic rings. The minimum atomic E-state index is -0.336. The van der Waals surface area contributed by atoms with Crippen LogP contribution in [0.15, 0.2) is 59.6 Å². The monoisotopic (exact) mass is 367 g/mol. The second-order valence-electron chi connectivity index (χ2n) is 5.56. The van der Waals surface area contributed by atoms with Gasteiger partial charge >= 0.3 is 0 Å². The fourth-order valence-corrected chi connectivity index (χ4v) is 2.81. The van der Waals surface area contributed by atoms with E-state index >= 15 is 0 Å². The molecule has 0 aliphatic heterocycles. The molecule has 0 bridgehead atoms. The number of benzene rings is 1. The van der Waals surface area contributed by atoms with Crippen molar-refractivity contribution < 1.29 is 9.21 Å². The summed E-state index contributed by atoms with van der Waals surface area (Å²) in [5.74, 6) is 0.424. The lowest BCUT2D eigenvalue weighted by molar-refractivity contribution is 0.0924. The summed E-state index contributed by atoms with van der Waals surface area (Å²) in [4.78, 5) is 23.9. The number of hydrogen-bond donors (Lipinski definition) is 3. The van der Waals surface area contributed by atoms with Crippen LogP contribution >= 0.6 is 11.6 Å². The van der Waals surface area contributed by atoms with Gasteiger partial charge in [-0.15, -0.1) is 0 Å². The number of aromatic nitrogens is 3. The minimum absolute atomic E-state index is 0.175. The second kappa shape index (κ2) is 6.89. The molecular formula is C18H14ClN5O2. The highest BCUT2D eigenvalue weighted by molar-refractivity contribution is 6.30. The van der Waals surface area contributed by atoms with Crippen molar-refractivity contribution in [3.63, 3.8) is 0 Å². The standard InChI is InChI=1S/C18H14ClN5O2/c19-12-3-1-2-11(8-12)9-21-18(25)15-14(5-7-26-15)24-17-13-4-6-20-16(13)22-10-23-17/h1-8,10H,9H2,(H,21,25)(H2,20,22,23,24). The zero-order valence-corrected chi connectivity index (χ0v) is 14.2. The average Bonchev–Trinajstić information content (AvgIpc) is 3.29. The number of carbonyl (C=O) groups excluding carboxylic acids is 1. The molecule has 4 aromatic rings. The summed E-state index contributed by atoms with van der Waals surface area (Å²) in [6.45, 7) is 0.342. The Morgan fingerprint density at radius 3 is 3.04 bits per heavy atom. The average molecular weight is 368 g/mol. The molecule has 3 heterocycles. The summed E-state index contributed by atoms with van der Waals surface area (Å²) >= 11 is 5.96. The smallest absolute Gasteiger partial charge is 0.289 e. The van der Waals surface area contributed by atoms with Crippen LogP contribution in [0.4, 0.5) is 11.5 Å². The number of halogens is 1. The van der Waals surface area contributed by atoms with E-state index < -0.39 is 0 Å². The van der Waals surface area contributed by atoms with E-state index in [0.29, 0.717) is 28.7 Å². The van der Waals surface area contributed by atoms with E-state index in [0.717, 1.165) is 10.9 Å². The predicted molar refractivity (Wildman–Crippen MR) is 98.5 cm³/mol. The molecule has 26 heavy (non-hydrogen) atoms. The molecule has 8 heteroatoms. The summed E-state index contributed by atoms with van der Waals surface area (Å²) in [7, 11) is 0. The molecule has 0 aliphatic carbocycles. The number of furan rings is 1. The van der Waals surface area contributed by atoms with Gasteiger partial charge in [-0.2, -0.15) is 0 Å². The highest BCUT2D eigenvalue weighted by Crippen LogP contribution is 2.25. The summed E-state index contributed by atoms with van der Waals surface area (Å²) in [6.07, 6.45) is 4.67. The maximum atomic E-state index is 12.5. The highest BCUT2D eigenvalue weighted by Gasteiger charge is 2.17. The van der Waals surface area contributed by atoms with Crippen LogP contribution < -0.4 is 10.6 Å². The quantitative estimate of drug-likeness (QED) is 0.497. The summed E-state index contributed by atoms with van der Waals surface area (Å²) in [5.41, 5.74) is 2.13. The van der Waals surface area contributed by atoms with Crippen molar-refractivity contribution in [2.45, 2.75) is 6.54 Å². The van der Waals surface area contributed by atoms with Crippen molar-refractivity contribution >= 4 is 40.0 Å². The van der Waals surface area contributed by atoms with E-state index in [4.69, 9.17) is 16.0 Å². The van der Waals surface area contributed by atoms with Crippen LogP contribution in [-0.2, 0) is 6.54 Å². The Morgan fingerprint density at radius 2 is 2.15 bits per heavy atom. The van der Waals surface area contributed by atoms with Gasteiger partial charge in [-0.05, 0) is 23.8 Å². The predicted octanol–water partition coefficient (Wildman–Crippen LogP) is 3.88. The third kappa shape index (κ3) is 3.25. The molecule has 0 atom stereocenters. The van der Waals surface area contributed by atoms with E-state index in [-0.39, 0.29) is 11.7 Å². The third-order valence-electron chi connectivity index (χ3n) is 3.82. The van der Waals surface area contributed by atoms with Crippen LogP contribution in [0.3, 0.4) is 0 Å². The lowest BCUT2D eigenvalue weighted by Gasteiger charge is -2.08. The number of nitrogens with one attached hydrogen (secondary N) is 3. The maximum absolute atomic E-state index is 12.5. The van der Waals surface area contributed by atoms with Crippen molar-refractivity contribution in [2.24, 2.45) is 0 Å². The van der Waals surface area contributed by atoms with Crippen molar-refractivity contribution in [1.29, 1.82) is 0 Å². The normalized spacial score (nSPS) is 10.8. The second-order valence-corrected chi connectivity index (χ2v) is 6.00. The first-order chi connectivity index (χ1) is 12.7. The van der Waals surface area contributed by atoms with Gasteiger partial charge in [-0.3, -0.25) is 4.79 Å². The van der Waals surface area contributed by atoms with Crippen molar-refractivity contribution in [2.75, 3.05) is 5.32 Å². The molecule has 4 rings (SSSR count). The van der Waals surface area contributed by atoms with Gasteiger partial charge in [0.25, 0.3) is 5.91 Å². The van der Waals surface area contributed by atoms with E-state index in [1.54, 1.807) is 24.4 Å². The first-order valence-electron chi connectivity index (χ1n) is 7.86. The fourth-order valence-electron chi connectivity index (χ4n) is 2.59. The SMILES string of the molecule is O=C(NCc1cccc(Cl)c1)c1occc1Nc1ncnc2[nH]ccc12. The number of rotatable bonds is 5. The van der Waals surface area contributed by atoms with E-state index in [2.05, 4.69) is 25.6 Å². The molecule has 130 valence electrons. The molecule has 0 saturated heterocycles. The number of anilines is 2. The maximum Gasteiger partial charge on any atom is 0.289 e. The molecule has 0 spiro atoms. The number of H-pyrrole nitrogens is 1. The Morgan fingerprint density at radius 1 is 1.23 bits per heavy atom. The number of amides is 1. The summed E-state index contributed by atoms with van der Waals surface area (Å²) in [6, 6.07) is 10.8. The topological polar surface area (TPSA) is 95.8 Å². The van der Waals surface area contributed by atoms with Crippen molar-refractivity contribution in [3.05, 3.63) is 71.5 Å². The van der Waals surface area contributed by atoms with Gasteiger partial charge in [0, 0.05) is 23.8 Å². The Labute approximate surface area is 153 Å². The summed E-state index contributed by atoms with van der Waals surface area (Å²) < 4.78 is 5.35. The van der Waals surface area contributed by atoms with E-state index in [9.17, 15) is 4.79 Å². The molecule has 1 amide bonds. The third-order valence-corrected chi connectivity index (χ3v) is 4.06. The molecule has 0 fully saturated rings.